The Bertz CT molecular complexity index is 441. The highest BCUT2D eigenvalue weighted by molar-refractivity contribution is 5.90. The Morgan fingerprint density at radius 2 is 2.28 bits per heavy atom. The van der Waals surface area contributed by atoms with Crippen LogP contribution < -0.4 is 11.1 Å². The quantitative estimate of drug-likeness (QED) is 0.676. The fraction of sp³-hybridized carbons (Fsp3) is 0.500. The third kappa shape index (κ3) is 3.15. The third-order valence-corrected chi connectivity index (χ3v) is 3.47. The molecule has 0 spiro atoms. The second kappa shape index (κ2) is 5.29. The van der Waals surface area contributed by atoms with Gasteiger partial charge in [-0.25, -0.2) is 4.79 Å². The van der Waals surface area contributed by atoms with Crippen LogP contribution in [0.2, 0.25) is 0 Å². The second-order valence-corrected chi connectivity index (χ2v) is 5.04. The molecule has 1 aromatic rings. The second-order valence-electron chi connectivity index (χ2n) is 5.04. The predicted octanol–water partition coefficient (Wildman–Crippen LogP) is 2.96. The molecule has 18 heavy (non-hydrogen) atoms. The van der Waals surface area contributed by atoms with Crippen molar-refractivity contribution in [2.75, 3.05) is 11.1 Å². The number of anilines is 2. The molecule has 1 saturated carbocycles. The average molecular weight is 248 g/mol. The fourth-order valence-corrected chi connectivity index (χ4v) is 2.12. The maximum Gasteiger partial charge on any atom is 0.335 e. The Kier molecular flexibility index (Phi) is 3.75. The van der Waals surface area contributed by atoms with Crippen molar-refractivity contribution >= 4 is 17.3 Å². The summed E-state index contributed by atoms with van der Waals surface area (Å²) < 4.78 is 0. The number of hydrogen-bond acceptors (Lipinski definition) is 3. The summed E-state index contributed by atoms with van der Waals surface area (Å²) in [7, 11) is 0. The molecule has 0 saturated heterocycles. The van der Waals surface area contributed by atoms with Gasteiger partial charge in [0.2, 0.25) is 0 Å². The molecular weight excluding hydrogens is 228 g/mol. The fourth-order valence-electron chi connectivity index (χ4n) is 2.12. The van der Waals surface area contributed by atoms with Crippen LogP contribution in [0.3, 0.4) is 0 Å². The summed E-state index contributed by atoms with van der Waals surface area (Å²) in [5.74, 6) is -0.0837. The Morgan fingerprint density at radius 1 is 1.56 bits per heavy atom. The summed E-state index contributed by atoms with van der Waals surface area (Å²) >= 11 is 0. The summed E-state index contributed by atoms with van der Waals surface area (Å²) in [6, 6.07) is 5.18. The van der Waals surface area contributed by atoms with Crippen LogP contribution in [0.4, 0.5) is 11.4 Å². The van der Waals surface area contributed by atoms with Crippen LogP contribution in [0.25, 0.3) is 0 Å². The highest BCUT2D eigenvalue weighted by Crippen LogP contribution is 2.35. The van der Waals surface area contributed by atoms with Crippen molar-refractivity contribution in [3.63, 3.8) is 0 Å². The number of aromatic carboxylic acids is 1. The molecule has 1 aromatic carbocycles. The van der Waals surface area contributed by atoms with Gasteiger partial charge in [0.1, 0.15) is 0 Å². The zero-order valence-electron chi connectivity index (χ0n) is 10.6. The van der Waals surface area contributed by atoms with Crippen molar-refractivity contribution in [1.82, 2.24) is 0 Å². The SMILES string of the molecule is CCC(CC1CC1)Nc1cc(C(=O)O)ccc1N. The molecule has 0 radical (unpaired) electrons. The van der Waals surface area contributed by atoms with E-state index in [1.165, 1.54) is 18.9 Å². The first-order chi connectivity index (χ1) is 8.60. The molecule has 1 atom stereocenters. The first-order valence-electron chi connectivity index (χ1n) is 6.49. The van der Waals surface area contributed by atoms with Crippen molar-refractivity contribution in [2.24, 2.45) is 5.92 Å². The maximum absolute atomic E-state index is 10.9. The van der Waals surface area contributed by atoms with Crippen LogP contribution in [-0.4, -0.2) is 17.1 Å². The van der Waals surface area contributed by atoms with Gasteiger partial charge in [0, 0.05) is 6.04 Å². The van der Waals surface area contributed by atoms with Gasteiger partial charge in [-0.2, -0.15) is 0 Å². The number of nitrogens with two attached hydrogens (primary N) is 1. The smallest absolute Gasteiger partial charge is 0.335 e. The van der Waals surface area contributed by atoms with E-state index in [1.54, 1.807) is 12.1 Å². The summed E-state index contributed by atoms with van der Waals surface area (Å²) in [6.07, 6.45) is 4.81. The largest absolute Gasteiger partial charge is 0.478 e. The van der Waals surface area contributed by atoms with Crippen molar-refractivity contribution in [3.8, 4) is 0 Å². The first kappa shape index (κ1) is 12.7. The normalized spacial score (nSPS) is 16.3. The summed E-state index contributed by atoms with van der Waals surface area (Å²) in [4.78, 5) is 10.9. The van der Waals surface area contributed by atoms with E-state index >= 15 is 0 Å². The van der Waals surface area contributed by atoms with Gasteiger partial charge in [0.25, 0.3) is 0 Å². The van der Waals surface area contributed by atoms with E-state index in [0.29, 0.717) is 11.7 Å². The number of carboxylic acid groups (broad SMARTS) is 1. The molecule has 2 rings (SSSR count). The van der Waals surface area contributed by atoms with E-state index in [4.69, 9.17) is 10.8 Å². The van der Waals surface area contributed by atoms with Crippen molar-refractivity contribution in [1.29, 1.82) is 0 Å². The Balaban J connectivity index is 2.10. The monoisotopic (exact) mass is 248 g/mol. The molecule has 4 N–H and O–H groups in total. The lowest BCUT2D eigenvalue weighted by molar-refractivity contribution is 0.0697. The zero-order chi connectivity index (χ0) is 13.1. The molecule has 0 aliphatic heterocycles. The number of nitrogens with one attached hydrogen (secondary N) is 1. The molecule has 1 unspecified atom stereocenters. The number of benzene rings is 1. The molecule has 1 aliphatic carbocycles. The Hall–Kier alpha value is -1.71. The van der Waals surface area contributed by atoms with Crippen molar-refractivity contribution in [3.05, 3.63) is 23.8 Å². The highest BCUT2D eigenvalue weighted by atomic mass is 16.4. The van der Waals surface area contributed by atoms with Gasteiger partial charge in [-0.05, 0) is 37.0 Å². The Labute approximate surface area is 107 Å². The molecule has 4 heteroatoms. The van der Waals surface area contributed by atoms with E-state index in [9.17, 15) is 4.79 Å². The number of carboxylic acids is 1. The molecule has 4 nitrogen and oxygen atoms in total. The predicted molar refractivity (Wildman–Crippen MR) is 72.9 cm³/mol. The minimum Gasteiger partial charge on any atom is -0.478 e. The standard InChI is InChI=1S/C14H20N2O2/c1-2-11(7-9-3-4-9)16-13-8-10(14(17)18)5-6-12(13)15/h5-6,8-9,11,16H,2-4,7,15H2,1H3,(H,17,18). The average Bonchev–Trinajstić information content (AvgIpc) is 3.14. The summed E-state index contributed by atoms with van der Waals surface area (Å²) in [6.45, 7) is 2.14. The third-order valence-electron chi connectivity index (χ3n) is 3.47. The van der Waals surface area contributed by atoms with Gasteiger partial charge >= 0.3 is 5.97 Å². The summed E-state index contributed by atoms with van der Waals surface area (Å²) in [5.41, 5.74) is 7.50. The maximum atomic E-state index is 10.9. The van der Waals surface area contributed by atoms with Crippen LogP contribution in [0.5, 0.6) is 0 Å². The van der Waals surface area contributed by atoms with Crippen molar-refractivity contribution in [2.45, 2.75) is 38.6 Å². The molecule has 0 heterocycles. The van der Waals surface area contributed by atoms with Gasteiger partial charge in [-0.3, -0.25) is 0 Å². The highest BCUT2D eigenvalue weighted by Gasteiger charge is 2.25. The zero-order valence-corrected chi connectivity index (χ0v) is 10.6. The van der Waals surface area contributed by atoms with E-state index in [0.717, 1.165) is 24.4 Å². The van der Waals surface area contributed by atoms with Gasteiger partial charge < -0.3 is 16.2 Å². The minimum absolute atomic E-state index is 0.271. The number of nitrogen functional groups attached to an aromatic ring is 1. The lowest BCUT2D eigenvalue weighted by Gasteiger charge is -2.19. The molecule has 0 amide bonds. The van der Waals surface area contributed by atoms with Gasteiger partial charge in [-0.15, -0.1) is 0 Å². The number of carbonyl (C=O) groups is 1. The topological polar surface area (TPSA) is 75.3 Å². The molecule has 0 bridgehead atoms. The van der Waals surface area contributed by atoms with E-state index < -0.39 is 5.97 Å². The molecule has 98 valence electrons. The van der Waals surface area contributed by atoms with Crippen molar-refractivity contribution < 1.29 is 9.90 Å². The molecule has 0 aromatic heterocycles. The van der Waals surface area contributed by atoms with E-state index in [2.05, 4.69) is 12.2 Å². The molecule has 1 fully saturated rings. The lowest BCUT2D eigenvalue weighted by Crippen LogP contribution is -2.20. The molecule has 1 aliphatic rings. The van der Waals surface area contributed by atoms with Gasteiger partial charge in [-0.1, -0.05) is 19.8 Å². The van der Waals surface area contributed by atoms with Crippen LogP contribution in [-0.2, 0) is 0 Å². The minimum atomic E-state index is -0.923. The molecular formula is C14H20N2O2. The summed E-state index contributed by atoms with van der Waals surface area (Å²) in [5, 5.41) is 12.4. The van der Waals surface area contributed by atoms with E-state index in [1.807, 2.05) is 0 Å². The van der Waals surface area contributed by atoms with Crippen LogP contribution in [0.15, 0.2) is 18.2 Å². The van der Waals surface area contributed by atoms with E-state index in [-0.39, 0.29) is 5.56 Å². The van der Waals surface area contributed by atoms with Gasteiger partial charge in [0.15, 0.2) is 0 Å². The number of rotatable bonds is 6. The number of hydrogen-bond donors (Lipinski definition) is 3. The van der Waals surface area contributed by atoms with Crippen LogP contribution in [0, 0.1) is 5.92 Å². The van der Waals surface area contributed by atoms with Crippen LogP contribution >= 0.6 is 0 Å². The Morgan fingerprint density at radius 3 is 2.83 bits per heavy atom. The van der Waals surface area contributed by atoms with Gasteiger partial charge in [0.05, 0.1) is 16.9 Å². The van der Waals surface area contributed by atoms with Crippen LogP contribution in [0.1, 0.15) is 43.0 Å². The first-order valence-corrected chi connectivity index (χ1v) is 6.49. The lowest BCUT2D eigenvalue weighted by atomic mass is 10.1.